The van der Waals surface area contributed by atoms with E-state index in [0.717, 1.165) is 27.2 Å². The Morgan fingerprint density at radius 3 is 2.47 bits per heavy atom. The summed E-state index contributed by atoms with van der Waals surface area (Å²) in [5.74, 6) is -0.138. The normalized spacial score (nSPS) is 12.6. The van der Waals surface area contributed by atoms with Crippen LogP contribution in [-0.4, -0.2) is 36.2 Å². The van der Waals surface area contributed by atoms with Crippen LogP contribution in [-0.2, 0) is 16.6 Å². The number of imidazole rings is 2. The fourth-order valence-electron chi connectivity index (χ4n) is 3.91. The Morgan fingerprint density at radius 1 is 1.13 bits per heavy atom. The summed E-state index contributed by atoms with van der Waals surface area (Å²) in [6.45, 7) is 7.32. The van der Waals surface area contributed by atoms with Crippen LogP contribution in [0.4, 0.5) is 0 Å². The first kappa shape index (κ1) is 19.7. The average molecular weight is 409 g/mol. The lowest BCUT2D eigenvalue weighted by molar-refractivity contribution is -0.144. The second-order valence-electron chi connectivity index (χ2n) is 7.48. The fourth-order valence-corrected chi connectivity index (χ4v) is 3.91. The monoisotopic (exact) mass is 409 g/mol. The third-order valence-electron chi connectivity index (χ3n) is 5.66. The number of benzene rings is 1. The van der Waals surface area contributed by atoms with E-state index >= 15 is 0 Å². The number of aryl methyl sites for hydroxylation is 3. The number of nitrogens with zero attached hydrogens (tertiary/aromatic N) is 5. The highest BCUT2D eigenvalue weighted by Gasteiger charge is 2.27. The lowest BCUT2D eigenvalue weighted by atomic mass is 10.2. The van der Waals surface area contributed by atoms with Crippen LogP contribution in [0.3, 0.4) is 0 Å². The number of esters is 1. The zero-order chi connectivity index (χ0) is 21.9. The Balaban J connectivity index is 2.17. The first-order valence-electron chi connectivity index (χ1n) is 9.55. The van der Waals surface area contributed by atoms with Crippen LogP contribution in [0.1, 0.15) is 29.9 Å². The molecule has 3 aromatic heterocycles. The number of carbonyl (C=O) groups is 1. The van der Waals surface area contributed by atoms with Crippen LogP contribution in [0.25, 0.3) is 22.6 Å². The van der Waals surface area contributed by atoms with Crippen molar-refractivity contribution in [1.82, 2.24) is 23.1 Å². The molecule has 0 spiro atoms. The quantitative estimate of drug-likeness (QED) is 0.481. The zero-order valence-electron chi connectivity index (χ0n) is 17.8. The topological polar surface area (TPSA) is 92.5 Å². The summed E-state index contributed by atoms with van der Waals surface area (Å²) in [5, 5.41) is 0. The van der Waals surface area contributed by atoms with Gasteiger partial charge >= 0.3 is 11.7 Å². The highest BCUT2D eigenvalue weighted by Crippen LogP contribution is 2.25. The van der Waals surface area contributed by atoms with Gasteiger partial charge in [0.05, 0.1) is 7.11 Å². The van der Waals surface area contributed by atoms with Crippen LogP contribution in [0, 0.1) is 20.8 Å². The molecule has 3 heterocycles. The van der Waals surface area contributed by atoms with E-state index in [9.17, 15) is 14.4 Å². The molecule has 4 rings (SSSR count). The van der Waals surface area contributed by atoms with Gasteiger partial charge in [0.2, 0.25) is 5.78 Å². The second-order valence-corrected chi connectivity index (χ2v) is 7.48. The van der Waals surface area contributed by atoms with E-state index in [4.69, 9.17) is 4.74 Å². The van der Waals surface area contributed by atoms with Crippen LogP contribution in [0.15, 0.2) is 33.9 Å². The highest BCUT2D eigenvalue weighted by atomic mass is 16.5. The molecular weight excluding hydrogens is 386 g/mol. The summed E-state index contributed by atoms with van der Waals surface area (Å²) < 4.78 is 10.7. The maximum atomic E-state index is 13.4. The van der Waals surface area contributed by atoms with Crippen LogP contribution >= 0.6 is 0 Å². The van der Waals surface area contributed by atoms with Crippen LogP contribution < -0.4 is 11.2 Å². The number of carbonyl (C=O) groups excluding carboxylic acids is 1. The minimum absolute atomic E-state index is 0.245. The minimum Gasteiger partial charge on any atom is -0.467 e. The summed E-state index contributed by atoms with van der Waals surface area (Å²) in [7, 11) is 2.76. The molecule has 0 aliphatic rings. The van der Waals surface area contributed by atoms with Crippen molar-refractivity contribution in [2.45, 2.75) is 33.7 Å². The minimum atomic E-state index is -1.06. The molecule has 1 aromatic carbocycles. The molecule has 1 atom stereocenters. The molecule has 9 nitrogen and oxygen atoms in total. The van der Waals surface area contributed by atoms with Crippen molar-refractivity contribution in [1.29, 1.82) is 0 Å². The van der Waals surface area contributed by atoms with E-state index in [-0.39, 0.29) is 11.2 Å². The van der Waals surface area contributed by atoms with E-state index < -0.39 is 23.3 Å². The maximum absolute atomic E-state index is 13.4. The van der Waals surface area contributed by atoms with Crippen molar-refractivity contribution >= 4 is 22.9 Å². The van der Waals surface area contributed by atoms with Crippen molar-refractivity contribution in [3.05, 3.63) is 62.1 Å². The summed E-state index contributed by atoms with van der Waals surface area (Å²) >= 11 is 0. The summed E-state index contributed by atoms with van der Waals surface area (Å²) in [4.78, 5) is 43.0. The van der Waals surface area contributed by atoms with Crippen molar-refractivity contribution in [3.63, 3.8) is 0 Å². The maximum Gasteiger partial charge on any atom is 0.333 e. The molecule has 0 aliphatic carbocycles. The van der Waals surface area contributed by atoms with E-state index in [1.165, 1.54) is 25.6 Å². The molecule has 0 saturated carbocycles. The Bertz CT molecular complexity index is 1450. The predicted molar refractivity (Wildman–Crippen MR) is 112 cm³/mol. The van der Waals surface area contributed by atoms with E-state index in [0.29, 0.717) is 5.78 Å². The van der Waals surface area contributed by atoms with Gasteiger partial charge in [-0.1, -0.05) is 12.1 Å². The van der Waals surface area contributed by atoms with Gasteiger partial charge in [-0.2, -0.15) is 4.98 Å². The van der Waals surface area contributed by atoms with Gasteiger partial charge in [-0.05, 0) is 45.4 Å². The first-order chi connectivity index (χ1) is 14.2. The highest BCUT2D eigenvalue weighted by molar-refractivity contribution is 5.78. The fraction of sp³-hybridized carbons (Fsp3) is 0.333. The largest absolute Gasteiger partial charge is 0.467 e. The smallest absolute Gasteiger partial charge is 0.333 e. The second kappa shape index (κ2) is 6.72. The number of ether oxygens (including phenoxy) is 1. The van der Waals surface area contributed by atoms with E-state index in [1.807, 2.05) is 49.6 Å². The average Bonchev–Trinajstić information content (AvgIpc) is 3.21. The number of rotatable bonds is 3. The van der Waals surface area contributed by atoms with Gasteiger partial charge in [0.15, 0.2) is 11.2 Å². The lowest BCUT2D eigenvalue weighted by Gasteiger charge is -2.13. The molecule has 0 N–H and O–H groups in total. The summed E-state index contributed by atoms with van der Waals surface area (Å²) in [5.41, 5.74) is 3.05. The van der Waals surface area contributed by atoms with Crippen molar-refractivity contribution in [3.8, 4) is 5.69 Å². The molecule has 0 fully saturated rings. The van der Waals surface area contributed by atoms with Gasteiger partial charge in [-0.3, -0.25) is 18.3 Å². The van der Waals surface area contributed by atoms with E-state index in [2.05, 4.69) is 4.98 Å². The molecule has 0 bridgehead atoms. The standard InChI is InChI=1S/C21H23N5O4/c1-11-8-7-9-15(10-11)24-12(2)13(3)25-16-17(22-20(24)25)23(5)21(29)26(18(16)27)14(4)19(28)30-6/h7-10,14H,1-6H3/t14-/m0/s1. The van der Waals surface area contributed by atoms with Gasteiger partial charge < -0.3 is 4.74 Å². The molecule has 0 unspecified atom stereocenters. The van der Waals surface area contributed by atoms with Crippen molar-refractivity contribution in [2.24, 2.45) is 7.05 Å². The molecule has 0 amide bonds. The Morgan fingerprint density at radius 2 is 1.83 bits per heavy atom. The predicted octanol–water partition coefficient (Wildman–Crippen LogP) is 1.80. The molecule has 30 heavy (non-hydrogen) atoms. The third-order valence-corrected chi connectivity index (χ3v) is 5.66. The molecule has 0 radical (unpaired) electrons. The molecule has 0 saturated heterocycles. The zero-order valence-corrected chi connectivity index (χ0v) is 17.8. The van der Waals surface area contributed by atoms with Crippen LogP contribution in [0.5, 0.6) is 0 Å². The number of aromatic nitrogens is 5. The van der Waals surface area contributed by atoms with Crippen molar-refractivity contribution < 1.29 is 9.53 Å². The third kappa shape index (κ3) is 2.54. The molecular formula is C21H23N5O4. The molecule has 0 aliphatic heterocycles. The number of methoxy groups -OCH3 is 1. The Kier molecular flexibility index (Phi) is 4.41. The van der Waals surface area contributed by atoms with Gasteiger partial charge in [-0.15, -0.1) is 0 Å². The van der Waals surface area contributed by atoms with Gasteiger partial charge in [0, 0.05) is 24.1 Å². The van der Waals surface area contributed by atoms with Gasteiger partial charge in [0.1, 0.15) is 6.04 Å². The lowest BCUT2D eigenvalue weighted by Crippen LogP contribution is -2.43. The molecule has 9 heteroatoms. The summed E-state index contributed by atoms with van der Waals surface area (Å²) in [6, 6.07) is 6.90. The van der Waals surface area contributed by atoms with Gasteiger partial charge in [0.25, 0.3) is 5.56 Å². The SMILES string of the molecule is COC(=O)[C@H](C)n1c(=O)c2c(nc3n(-c4cccc(C)c4)c(C)c(C)n23)n(C)c1=O. The number of fused-ring (bicyclic) bond motifs is 3. The Hall–Kier alpha value is -3.62. The first-order valence-corrected chi connectivity index (χ1v) is 9.55. The number of hydrogen-bond acceptors (Lipinski definition) is 5. The Labute approximate surface area is 171 Å². The van der Waals surface area contributed by atoms with Gasteiger partial charge in [-0.25, -0.2) is 14.2 Å². The van der Waals surface area contributed by atoms with E-state index in [1.54, 1.807) is 4.40 Å². The molecule has 156 valence electrons. The van der Waals surface area contributed by atoms with Crippen LogP contribution in [0.2, 0.25) is 0 Å². The van der Waals surface area contributed by atoms with Crippen molar-refractivity contribution in [2.75, 3.05) is 7.11 Å². The molecule has 4 aromatic rings. The number of hydrogen-bond donors (Lipinski definition) is 0. The summed E-state index contributed by atoms with van der Waals surface area (Å²) in [6.07, 6.45) is 0.